The molecule has 3 aromatic rings. The summed E-state index contributed by atoms with van der Waals surface area (Å²) in [6.07, 6.45) is 6.15. The Bertz CT molecular complexity index is 896. The summed E-state index contributed by atoms with van der Waals surface area (Å²) in [5.41, 5.74) is 1.97. The second-order valence-electron chi connectivity index (χ2n) is 7.20. The van der Waals surface area contributed by atoms with Gasteiger partial charge in [0.1, 0.15) is 18.2 Å². The Kier molecular flexibility index (Phi) is 7.82. The van der Waals surface area contributed by atoms with Gasteiger partial charge in [0, 0.05) is 24.7 Å². The first kappa shape index (κ1) is 21.1. The fourth-order valence-electron chi connectivity index (χ4n) is 3.33. The molecular formula is C24H31N3O2. The van der Waals surface area contributed by atoms with E-state index in [4.69, 9.17) is 19.4 Å². The van der Waals surface area contributed by atoms with Crippen molar-refractivity contribution in [1.82, 2.24) is 9.97 Å². The average Bonchev–Trinajstić information content (AvgIpc) is 2.77. The largest absolute Gasteiger partial charge is 0.497 e. The molecule has 0 spiro atoms. The van der Waals surface area contributed by atoms with Crippen molar-refractivity contribution in [3.63, 3.8) is 0 Å². The predicted octanol–water partition coefficient (Wildman–Crippen LogP) is 5.89. The van der Waals surface area contributed by atoms with Gasteiger partial charge in [0.25, 0.3) is 0 Å². The number of unbranched alkanes of at least 4 members (excludes halogenated alkanes) is 4. The first-order chi connectivity index (χ1) is 14.2. The Balaban J connectivity index is 1.75. The molecule has 0 bridgehead atoms. The molecular weight excluding hydrogens is 362 g/mol. The summed E-state index contributed by atoms with van der Waals surface area (Å²) in [6.45, 7) is 3.42. The van der Waals surface area contributed by atoms with E-state index in [0.717, 1.165) is 41.2 Å². The van der Waals surface area contributed by atoms with E-state index in [9.17, 15) is 0 Å². The van der Waals surface area contributed by atoms with Crippen LogP contribution in [0.2, 0.25) is 0 Å². The SMILES string of the molecule is CCCCCCCOCc1nc(N(C)c2ccc(OC)cc2)c2ccccc2n1. The first-order valence-corrected chi connectivity index (χ1v) is 10.4. The molecule has 0 fully saturated rings. The number of methoxy groups -OCH3 is 1. The van der Waals surface area contributed by atoms with Crippen molar-refractivity contribution in [2.24, 2.45) is 0 Å². The van der Waals surface area contributed by atoms with Gasteiger partial charge in [0.05, 0.1) is 12.6 Å². The van der Waals surface area contributed by atoms with Gasteiger partial charge in [-0.15, -0.1) is 0 Å². The summed E-state index contributed by atoms with van der Waals surface area (Å²) < 4.78 is 11.1. The van der Waals surface area contributed by atoms with Gasteiger partial charge in [0.2, 0.25) is 0 Å². The molecule has 5 heteroatoms. The van der Waals surface area contributed by atoms with E-state index in [0.29, 0.717) is 12.4 Å². The molecule has 0 saturated carbocycles. The van der Waals surface area contributed by atoms with Crippen LogP contribution in [0.15, 0.2) is 48.5 Å². The molecule has 0 N–H and O–H groups in total. The van der Waals surface area contributed by atoms with Crippen molar-refractivity contribution in [2.45, 2.75) is 45.6 Å². The van der Waals surface area contributed by atoms with Crippen molar-refractivity contribution in [3.8, 4) is 5.75 Å². The van der Waals surface area contributed by atoms with E-state index in [1.807, 2.05) is 49.5 Å². The number of hydrogen-bond acceptors (Lipinski definition) is 5. The second-order valence-corrected chi connectivity index (χ2v) is 7.20. The van der Waals surface area contributed by atoms with Crippen LogP contribution in [0.5, 0.6) is 5.75 Å². The van der Waals surface area contributed by atoms with Crippen LogP contribution in [-0.2, 0) is 11.3 Å². The third kappa shape index (κ3) is 5.67. The van der Waals surface area contributed by atoms with Gasteiger partial charge < -0.3 is 14.4 Å². The molecule has 0 amide bonds. The summed E-state index contributed by atoms with van der Waals surface area (Å²) >= 11 is 0. The van der Waals surface area contributed by atoms with Crippen LogP contribution >= 0.6 is 0 Å². The Morgan fingerprint density at radius 3 is 2.41 bits per heavy atom. The van der Waals surface area contributed by atoms with Crippen LogP contribution < -0.4 is 9.64 Å². The maximum absolute atomic E-state index is 5.86. The van der Waals surface area contributed by atoms with Crippen molar-refractivity contribution >= 4 is 22.4 Å². The van der Waals surface area contributed by atoms with Crippen LogP contribution in [-0.4, -0.2) is 30.7 Å². The lowest BCUT2D eigenvalue weighted by molar-refractivity contribution is 0.111. The monoisotopic (exact) mass is 393 g/mol. The van der Waals surface area contributed by atoms with Crippen molar-refractivity contribution in [3.05, 3.63) is 54.4 Å². The number of aromatic nitrogens is 2. The lowest BCUT2D eigenvalue weighted by atomic mass is 10.2. The van der Waals surface area contributed by atoms with Gasteiger partial charge in [-0.2, -0.15) is 0 Å². The van der Waals surface area contributed by atoms with E-state index < -0.39 is 0 Å². The quantitative estimate of drug-likeness (QED) is 0.380. The Morgan fingerprint density at radius 2 is 1.66 bits per heavy atom. The van der Waals surface area contributed by atoms with Crippen LogP contribution in [0.3, 0.4) is 0 Å². The number of nitrogens with zero attached hydrogens (tertiary/aromatic N) is 3. The van der Waals surface area contributed by atoms with Gasteiger partial charge >= 0.3 is 0 Å². The number of anilines is 2. The van der Waals surface area contributed by atoms with Crippen LogP contribution in [0.25, 0.3) is 10.9 Å². The summed E-state index contributed by atoms with van der Waals surface area (Å²) in [4.78, 5) is 11.6. The van der Waals surface area contributed by atoms with E-state index in [-0.39, 0.29) is 0 Å². The summed E-state index contributed by atoms with van der Waals surface area (Å²) in [5, 5.41) is 1.02. The molecule has 0 aliphatic rings. The molecule has 0 atom stereocenters. The number of para-hydroxylation sites is 1. The molecule has 1 heterocycles. The summed E-state index contributed by atoms with van der Waals surface area (Å²) in [6, 6.07) is 16.1. The van der Waals surface area contributed by atoms with E-state index in [1.54, 1.807) is 7.11 Å². The van der Waals surface area contributed by atoms with E-state index >= 15 is 0 Å². The maximum atomic E-state index is 5.86. The number of fused-ring (bicyclic) bond motifs is 1. The number of hydrogen-bond donors (Lipinski definition) is 0. The molecule has 0 radical (unpaired) electrons. The Labute approximate surface area is 173 Å². The van der Waals surface area contributed by atoms with Gasteiger partial charge in [0.15, 0.2) is 5.82 Å². The maximum Gasteiger partial charge on any atom is 0.157 e. The number of ether oxygens (including phenoxy) is 2. The minimum atomic E-state index is 0.433. The normalized spacial score (nSPS) is 11.0. The zero-order valence-corrected chi connectivity index (χ0v) is 17.7. The third-order valence-electron chi connectivity index (χ3n) is 5.03. The molecule has 154 valence electrons. The van der Waals surface area contributed by atoms with Crippen molar-refractivity contribution in [2.75, 3.05) is 25.7 Å². The molecule has 0 unspecified atom stereocenters. The number of benzene rings is 2. The van der Waals surface area contributed by atoms with Gasteiger partial charge in [-0.25, -0.2) is 9.97 Å². The van der Waals surface area contributed by atoms with Crippen molar-refractivity contribution < 1.29 is 9.47 Å². The topological polar surface area (TPSA) is 47.5 Å². The third-order valence-corrected chi connectivity index (χ3v) is 5.03. The minimum absolute atomic E-state index is 0.433. The van der Waals surface area contributed by atoms with Crippen LogP contribution in [0, 0.1) is 0 Å². The highest BCUT2D eigenvalue weighted by atomic mass is 16.5. The highest BCUT2D eigenvalue weighted by Gasteiger charge is 2.13. The van der Waals surface area contributed by atoms with Crippen LogP contribution in [0.1, 0.15) is 44.9 Å². The fraction of sp³-hybridized carbons (Fsp3) is 0.417. The van der Waals surface area contributed by atoms with Gasteiger partial charge in [-0.3, -0.25) is 0 Å². The molecule has 2 aromatic carbocycles. The van der Waals surface area contributed by atoms with E-state index in [2.05, 4.69) is 17.9 Å². The van der Waals surface area contributed by atoms with E-state index in [1.165, 1.54) is 25.7 Å². The van der Waals surface area contributed by atoms with Crippen molar-refractivity contribution in [1.29, 1.82) is 0 Å². The number of rotatable bonds is 11. The van der Waals surface area contributed by atoms with Gasteiger partial charge in [-0.1, -0.05) is 44.7 Å². The van der Waals surface area contributed by atoms with Gasteiger partial charge in [-0.05, 0) is 42.8 Å². The minimum Gasteiger partial charge on any atom is -0.497 e. The smallest absolute Gasteiger partial charge is 0.157 e. The lowest BCUT2D eigenvalue weighted by Crippen LogP contribution is -2.14. The Morgan fingerprint density at radius 1 is 0.897 bits per heavy atom. The molecule has 29 heavy (non-hydrogen) atoms. The highest BCUT2D eigenvalue weighted by Crippen LogP contribution is 2.29. The first-order valence-electron chi connectivity index (χ1n) is 10.4. The molecule has 1 aromatic heterocycles. The standard InChI is InChI=1S/C24H31N3O2/c1-4-5-6-7-10-17-29-18-23-25-22-12-9-8-11-21(22)24(26-23)27(2)19-13-15-20(28-3)16-14-19/h8-9,11-16H,4-7,10,17-18H2,1-3H3. The molecule has 0 saturated heterocycles. The highest BCUT2D eigenvalue weighted by molar-refractivity contribution is 5.91. The molecule has 5 nitrogen and oxygen atoms in total. The Hall–Kier alpha value is -2.66. The lowest BCUT2D eigenvalue weighted by Gasteiger charge is -2.21. The zero-order valence-electron chi connectivity index (χ0n) is 17.7. The molecule has 0 aliphatic carbocycles. The average molecular weight is 394 g/mol. The molecule has 3 rings (SSSR count). The van der Waals surface area contributed by atoms with Crippen LogP contribution in [0.4, 0.5) is 11.5 Å². The predicted molar refractivity (Wildman–Crippen MR) is 119 cm³/mol. The summed E-state index contributed by atoms with van der Waals surface area (Å²) in [7, 11) is 3.70. The fourth-order valence-corrected chi connectivity index (χ4v) is 3.33. The molecule has 0 aliphatic heterocycles. The summed E-state index contributed by atoms with van der Waals surface area (Å²) in [5.74, 6) is 2.43. The second kappa shape index (κ2) is 10.8. The zero-order chi connectivity index (χ0) is 20.5.